The summed E-state index contributed by atoms with van der Waals surface area (Å²) >= 11 is 0. The van der Waals surface area contributed by atoms with E-state index in [0.717, 1.165) is 36.1 Å². The molecule has 0 aliphatic heterocycles. The van der Waals surface area contributed by atoms with Gasteiger partial charge in [0, 0.05) is 33.1 Å². The molecule has 1 unspecified atom stereocenters. The number of hydrogen-bond acceptors (Lipinski definition) is 3. The van der Waals surface area contributed by atoms with Gasteiger partial charge in [0.2, 0.25) is 0 Å². The van der Waals surface area contributed by atoms with Gasteiger partial charge in [0.25, 0.3) is 5.91 Å². The Hall–Kier alpha value is -2.82. The molecule has 0 saturated carbocycles. The van der Waals surface area contributed by atoms with Crippen molar-refractivity contribution >= 4 is 16.9 Å². The molecule has 1 amide bonds. The number of rotatable bonds is 3. The van der Waals surface area contributed by atoms with Gasteiger partial charge in [-0.2, -0.15) is 0 Å². The fraction of sp³-hybridized carbons (Fsp3) is 0.364. The molecule has 1 heterocycles. The Balaban J connectivity index is 1.72. The predicted octanol–water partition coefficient (Wildman–Crippen LogP) is 3.52. The number of carbonyl (C=O) groups excluding carboxylic acids is 1. The molecule has 27 heavy (non-hydrogen) atoms. The van der Waals surface area contributed by atoms with Gasteiger partial charge in [0.05, 0.1) is 5.52 Å². The van der Waals surface area contributed by atoms with Crippen LogP contribution in [0.5, 0.6) is 5.75 Å². The number of ether oxygens (including phenoxy) is 1. The van der Waals surface area contributed by atoms with Crippen LogP contribution in [-0.2, 0) is 19.9 Å². The highest BCUT2D eigenvalue weighted by Crippen LogP contribution is 2.31. The third kappa shape index (κ3) is 3.18. The van der Waals surface area contributed by atoms with Gasteiger partial charge in [-0.3, -0.25) is 4.79 Å². The van der Waals surface area contributed by atoms with Crippen LogP contribution in [0.1, 0.15) is 33.7 Å². The number of aromatic nitrogens is 2. The van der Waals surface area contributed by atoms with Crippen LogP contribution in [0, 0.1) is 6.92 Å². The number of carbonyl (C=O) groups is 1. The highest BCUT2D eigenvalue weighted by molar-refractivity contribution is 5.99. The zero-order valence-electron chi connectivity index (χ0n) is 16.3. The quantitative estimate of drug-likeness (QED) is 0.715. The van der Waals surface area contributed by atoms with Crippen molar-refractivity contribution in [2.45, 2.75) is 32.3 Å². The molecule has 2 aromatic carbocycles. The summed E-state index contributed by atoms with van der Waals surface area (Å²) < 4.78 is 8.42. The van der Waals surface area contributed by atoms with E-state index in [2.05, 4.69) is 29.2 Å². The van der Waals surface area contributed by atoms with Crippen LogP contribution < -0.4 is 4.74 Å². The normalized spacial score (nSPS) is 16.2. The molecule has 1 aliphatic rings. The number of amides is 1. The SMILES string of the molecule is Cc1nc2c(OC3CCc4ccccc4C3)cc(C(=O)N(C)C)cc2n1C. The van der Waals surface area contributed by atoms with E-state index >= 15 is 0 Å². The first-order chi connectivity index (χ1) is 12.9. The van der Waals surface area contributed by atoms with Crippen LogP contribution in [0.25, 0.3) is 11.0 Å². The predicted molar refractivity (Wildman–Crippen MR) is 106 cm³/mol. The summed E-state index contributed by atoms with van der Waals surface area (Å²) in [5.41, 5.74) is 5.13. The summed E-state index contributed by atoms with van der Waals surface area (Å²) in [5, 5.41) is 0. The summed E-state index contributed by atoms with van der Waals surface area (Å²) in [7, 11) is 5.49. The number of benzene rings is 2. The smallest absolute Gasteiger partial charge is 0.253 e. The van der Waals surface area contributed by atoms with Crippen LogP contribution >= 0.6 is 0 Å². The van der Waals surface area contributed by atoms with E-state index in [-0.39, 0.29) is 12.0 Å². The zero-order valence-corrected chi connectivity index (χ0v) is 16.3. The fourth-order valence-corrected chi connectivity index (χ4v) is 3.79. The minimum absolute atomic E-state index is 0.0328. The molecular formula is C22H25N3O2. The largest absolute Gasteiger partial charge is 0.488 e. The van der Waals surface area contributed by atoms with Gasteiger partial charge in [-0.25, -0.2) is 4.98 Å². The molecule has 0 N–H and O–H groups in total. The van der Waals surface area contributed by atoms with Gasteiger partial charge in [0.15, 0.2) is 0 Å². The van der Waals surface area contributed by atoms with E-state index in [0.29, 0.717) is 11.3 Å². The van der Waals surface area contributed by atoms with Crippen LogP contribution in [0.3, 0.4) is 0 Å². The lowest BCUT2D eigenvalue weighted by molar-refractivity contribution is 0.0827. The van der Waals surface area contributed by atoms with E-state index in [4.69, 9.17) is 4.74 Å². The minimum atomic E-state index is -0.0328. The van der Waals surface area contributed by atoms with Gasteiger partial charge in [-0.1, -0.05) is 24.3 Å². The summed E-state index contributed by atoms with van der Waals surface area (Å²) in [6, 6.07) is 12.3. The average Bonchev–Trinajstić information content (AvgIpc) is 2.95. The molecule has 1 atom stereocenters. The highest BCUT2D eigenvalue weighted by atomic mass is 16.5. The molecule has 0 radical (unpaired) electrons. The van der Waals surface area contributed by atoms with Crippen LogP contribution in [0.15, 0.2) is 36.4 Å². The van der Waals surface area contributed by atoms with Crippen molar-refractivity contribution in [1.82, 2.24) is 14.5 Å². The van der Waals surface area contributed by atoms with Crippen molar-refractivity contribution < 1.29 is 9.53 Å². The Morgan fingerprint density at radius 2 is 1.96 bits per heavy atom. The molecular weight excluding hydrogens is 338 g/mol. The molecule has 1 aromatic heterocycles. The summed E-state index contributed by atoms with van der Waals surface area (Å²) in [6.45, 7) is 1.97. The lowest BCUT2D eigenvalue weighted by Crippen LogP contribution is -2.26. The maximum atomic E-state index is 12.6. The molecule has 1 aliphatic carbocycles. The van der Waals surface area contributed by atoms with E-state index in [1.807, 2.05) is 30.7 Å². The van der Waals surface area contributed by atoms with Crippen molar-refractivity contribution in [2.75, 3.05) is 14.1 Å². The Morgan fingerprint density at radius 1 is 1.22 bits per heavy atom. The molecule has 3 aromatic rings. The van der Waals surface area contributed by atoms with Crippen molar-refractivity contribution in [3.05, 3.63) is 58.9 Å². The minimum Gasteiger partial charge on any atom is -0.488 e. The van der Waals surface area contributed by atoms with Crippen LogP contribution in [0.4, 0.5) is 0 Å². The van der Waals surface area contributed by atoms with E-state index in [1.54, 1.807) is 19.0 Å². The third-order valence-electron chi connectivity index (χ3n) is 5.42. The van der Waals surface area contributed by atoms with Gasteiger partial charge in [-0.15, -0.1) is 0 Å². The Labute approximate surface area is 159 Å². The molecule has 140 valence electrons. The standard InChI is InChI=1S/C22H25N3O2/c1-14-23-21-19(25(14)4)12-17(22(26)24(2)3)13-20(21)27-18-10-9-15-7-5-6-8-16(15)11-18/h5-8,12-13,18H,9-11H2,1-4H3. The fourth-order valence-electron chi connectivity index (χ4n) is 3.79. The average molecular weight is 363 g/mol. The van der Waals surface area contributed by atoms with Gasteiger partial charge < -0.3 is 14.2 Å². The summed E-state index contributed by atoms with van der Waals surface area (Å²) in [6.07, 6.45) is 2.96. The number of imidazole rings is 1. The second kappa shape index (κ2) is 6.72. The van der Waals surface area contributed by atoms with Crippen LogP contribution in [-0.4, -0.2) is 40.6 Å². The first-order valence-electron chi connectivity index (χ1n) is 9.36. The second-order valence-corrected chi connectivity index (χ2v) is 7.51. The lowest BCUT2D eigenvalue weighted by Gasteiger charge is -2.26. The molecule has 0 fully saturated rings. The Kier molecular flexibility index (Phi) is 4.38. The molecule has 0 bridgehead atoms. The summed E-state index contributed by atoms with van der Waals surface area (Å²) in [4.78, 5) is 18.8. The molecule has 4 rings (SSSR count). The van der Waals surface area contributed by atoms with Crippen molar-refractivity contribution in [3.63, 3.8) is 0 Å². The van der Waals surface area contributed by atoms with Gasteiger partial charge in [0.1, 0.15) is 23.2 Å². The van der Waals surface area contributed by atoms with E-state index < -0.39 is 0 Å². The Morgan fingerprint density at radius 3 is 2.70 bits per heavy atom. The van der Waals surface area contributed by atoms with Crippen molar-refractivity contribution in [1.29, 1.82) is 0 Å². The van der Waals surface area contributed by atoms with Crippen LogP contribution in [0.2, 0.25) is 0 Å². The Bertz CT molecular complexity index is 1020. The first-order valence-corrected chi connectivity index (χ1v) is 9.36. The number of fused-ring (bicyclic) bond motifs is 2. The maximum Gasteiger partial charge on any atom is 0.253 e. The third-order valence-corrected chi connectivity index (χ3v) is 5.42. The topological polar surface area (TPSA) is 47.4 Å². The maximum absolute atomic E-state index is 12.6. The zero-order chi connectivity index (χ0) is 19.1. The lowest BCUT2D eigenvalue weighted by atomic mass is 9.90. The first kappa shape index (κ1) is 17.6. The van der Waals surface area contributed by atoms with Crippen molar-refractivity contribution in [2.24, 2.45) is 7.05 Å². The highest BCUT2D eigenvalue weighted by Gasteiger charge is 2.23. The number of hydrogen-bond donors (Lipinski definition) is 0. The molecule has 5 nitrogen and oxygen atoms in total. The van der Waals surface area contributed by atoms with Crippen molar-refractivity contribution in [3.8, 4) is 5.75 Å². The summed E-state index contributed by atoms with van der Waals surface area (Å²) in [5.74, 6) is 1.57. The van der Waals surface area contributed by atoms with Gasteiger partial charge >= 0.3 is 0 Å². The molecule has 5 heteroatoms. The molecule has 0 spiro atoms. The molecule has 0 saturated heterocycles. The van der Waals surface area contributed by atoms with E-state index in [9.17, 15) is 4.79 Å². The monoisotopic (exact) mass is 363 g/mol. The second-order valence-electron chi connectivity index (χ2n) is 7.51. The number of aryl methyl sites for hydroxylation is 3. The van der Waals surface area contributed by atoms with Gasteiger partial charge in [-0.05, 0) is 43.0 Å². The van der Waals surface area contributed by atoms with E-state index in [1.165, 1.54) is 11.1 Å². The number of nitrogens with zero attached hydrogens (tertiary/aromatic N) is 3.